The standard InChI is InChI=1S/C20H32Br2O3/c1-3-4-5-6-7-8-9-10-11-12-13-14-16(2)15-20(22)17(21)18(23)25-19(20)24/h15,17H,3-14H2,1-2H3. The molecule has 1 saturated heterocycles. The second-order valence-corrected chi connectivity index (χ2v) is 9.34. The molecule has 0 aromatic heterocycles. The van der Waals surface area contributed by atoms with Crippen LogP contribution in [0.2, 0.25) is 0 Å². The summed E-state index contributed by atoms with van der Waals surface area (Å²) >= 11 is 6.62. The smallest absolute Gasteiger partial charge is 0.336 e. The second kappa shape index (κ2) is 12.3. The first kappa shape index (κ1) is 22.9. The predicted octanol–water partition coefficient (Wildman–Crippen LogP) is 6.61. The van der Waals surface area contributed by atoms with Gasteiger partial charge in [-0.15, -0.1) is 0 Å². The van der Waals surface area contributed by atoms with Crippen LogP contribution in [0.4, 0.5) is 0 Å². The van der Waals surface area contributed by atoms with E-state index in [1.54, 1.807) is 0 Å². The zero-order valence-corrected chi connectivity index (χ0v) is 18.8. The number of carbonyl (C=O) groups excluding carboxylic acids is 2. The maximum absolute atomic E-state index is 11.8. The van der Waals surface area contributed by atoms with Crippen molar-refractivity contribution in [3.05, 3.63) is 11.6 Å². The van der Waals surface area contributed by atoms with Crippen molar-refractivity contribution in [2.24, 2.45) is 0 Å². The van der Waals surface area contributed by atoms with Gasteiger partial charge in [-0.25, -0.2) is 4.79 Å². The summed E-state index contributed by atoms with van der Waals surface area (Å²) in [6, 6.07) is 0. The molecule has 144 valence electrons. The number of hydrogen-bond donors (Lipinski definition) is 0. The summed E-state index contributed by atoms with van der Waals surface area (Å²) in [5.41, 5.74) is 1.11. The number of hydrogen-bond acceptors (Lipinski definition) is 3. The molecule has 0 N–H and O–H groups in total. The molecule has 1 fully saturated rings. The first-order valence-corrected chi connectivity index (χ1v) is 11.4. The lowest BCUT2D eigenvalue weighted by atomic mass is 10.00. The molecule has 1 aliphatic rings. The number of esters is 2. The van der Waals surface area contributed by atoms with Crippen LogP contribution in [0.5, 0.6) is 0 Å². The molecule has 1 rings (SSSR count). The molecule has 0 aromatic rings. The van der Waals surface area contributed by atoms with Crippen LogP contribution in [0.25, 0.3) is 0 Å². The molecule has 0 spiro atoms. The Morgan fingerprint density at radius 2 is 1.48 bits per heavy atom. The maximum Gasteiger partial charge on any atom is 0.336 e. The van der Waals surface area contributed by atoms with E-state index in [1.165, 1.54) is 64.2 Å². The Morgan fingerprint density at radius 1 is 1.00 bits per heavy atom. The van der Waals surface area contributed by atoms with Gasteiger partial charge in [0.1, 0.15) is 4.83 Å². The average molecular weight is 480 g/mol. The Balaban J connectivity index is 2.12. The highest BCUT2D eigenvalue weighted by atomic mass is 79.9. The van der Waals surface area contributed by atoms with Crippen LogP contribution in [0.3, 0.4) is 0 Å². The van der Waals surface area contributed by atoms with Crippen molar-refractivity contribution >= 4 is 43.8 Å². The van der Waals surface area contributed by atoms with E-state index in [1.807, 2.05) is 13.0 Å². The number of halogens is 2. The van der Waals surface area contributed by atoms with Gasteiger partial charge >= 0.3 is 11.9 Å². The first-order valence-electron chi connectivity index (χ1n) is 9.69. The second-order valence-electron chi connectivity index (χ2n) is 7.12. The predicted molar refractivity (Wildman–Crippen MR) is 110 cm³/mol. The summed E-state index contributed by atoms with van der Waals surface area (Å²) in [5.74, 6) is -1.06. The molecule has 0 aromatic carbocycles. The normalized spacial score (nSPS) is 24.0. The first-order chi connectivity index (χ1) is 11.9. The minimum atomic E-state index is -1.05. The van der Waals surface area contributed by atoms with Crippen LogP contribution in [-0.2, 0) is 14.3 Å². The van der Waals surface area contributed by atoms with Crippen molar-refractivity contribution in [2.75, 3.05) is 0 Å². The summed E-state index contributed by atoms with van der Waals surface area (Å²) in [6.45, 7) is 4.26. The van der Waals surface area contributed by atoms with Gasteiger partial charge in [0.2, 0.25) is 0 Å². The molecule has 0 amide bonds. The minimum Gasteiger partial charge on any atom is -0.391 e. The molecule has 0 aliphatic carbocycles. The van der Waals surface area contributed by atoms with Gasteiger partial charge in [0.15, 0.2) is 4.32 Å². The number of alkyl halides is 2. The maximum atomic E-state index is 11.8. The zero-order valence-electron chi connectivity index (χ0n) is 15.6. The summed E-state index contributed by atoms with van der Waals surface area (Å²) in [6.07, 6.45) is 17.3. The van der Waals surface area contributed by atoms with Gasteiger partial charge < -0.3 is 4.74 Å². The summed E-state index contributed by atoms with van der Waals surface area (Å²) < 4.78 is 3.64. The zero-order chi connectivity index (χ0) is 18.7. The van der Waals surface area contributed by atoms with Crippen molar-refractivity contribution in [3.63, 3.8) is 0 Å². The molecule has 2 unspecified atom stereocenters. The highest BCUT2D eigenvalue weighted by molar-refractivity contribution is 9.13. The minimum absolute atomic E-state index is 0.527. The molecular formula is C20H32Br2O3. The van der Waals surface area contributed by atoms with Gasteiger partial charge in [0.25, 0.3) is 0 Å². The monoisotopic (exact) mass is 478 g/mol. The van der Waals surface area contributed by atoms with Crippen molar-refractivity contribution in [3.8, 4) is 0 Å². The number of unbranched alkanes of at least 4 members (excludes halogenated alkanes) is 10. The lowest BCUT2D eigenvalue weighted by Crippen LogP contribution is -2.33. The van der Waals surface area contributed by atoms with Gasteiger partial charge in [0, 0.05) is 0 Å². The lowest BCUT2D eigenvalue weighted by molar-refractivity contribution is -0.152. The van der Waals surface area contributed by atoms with E-state index in [0.29, 0.717) is 0 Å². The molecule has 0 radical (unpaired) electrons. The van der Waals surface area contributed by atoms with Crippen molar-refractivity contribution < 1.29 is 14.3 Å². The van der Waals surface area contributed by atoms with Gasteiger partial charge in [-0.05, 0) is 19.8 Å². The fourth-order valence-electron chi connectivity index (χ4n) is 3.13. The van der Waals surface area contributed by atoms with Crippen LogP contribution in [0, 0.1) is 0 Å². The summed E-state index contributed by atoms with van der Waals surface area (Å²) in [7, 11) is 0. The van der Waals surface area contributed by atoms with Gasteiger partial charge in [-0.3, -0.25) is 4.79 Å². The third-order valence-corrected chi connectivity index (χ3v) is 7.43. The number of cyclic esters (lactones) is 2. The van der Waals surface area contributed by atoms with E-state index in [4.69, 9.17) is 0 Å². The van der Waals surface area contributed by atoms with Crippen molar-refractivity contribution in [1.29, 1.82) is 0 Å². The van der Waals surface area contributed by atoms with E-state index >= 15 is 0 Å². The fraction of sp³-hybridized carbons (Fsp3) is 0.800. The van der Waals surface area contributed by atoms with Gasteiger partial charge in [-0.1, -0.05) is 115 Å². The molecule has 1 aliphatic heterocycles. The highest BCUT2D eigenvalue weighted by Gasteiger charge is 2.54. The average Bonchev–Trinajstić information content (AvgIpc) is 2.75. The van der Waals surface area contributed by atoms with E-state index in [-0.39, 0.29) is 0 Å². The van der Waals surface area contributed by atoms with E-state index < -0.39 is 21.1 Å². The molecule has 0 saturated carbocycles. The highest BCUT2D eigenvalue weighted by Crippen LogP contribution is 2.38. The van der Waals surface area contributed by atoms with Crippen LogP contribution in [0.15, 0.2) is 11.6 Å². The van der Waals surface area contributed by atoms with Gasteiger partial charge in [-0.2, -0.15) is 0 Å². The largest absolute Gasteiger partial charge is 0.391 e. The molecule has 2 atom stereocenters. The molecule has 1 heterocycles. The molecular weight excluding hydrogens is 448 g/mol. The summed E-state index contributed by atoms with van der Waals surface area (Å²) in [5, 5.41) is 0. The molecule has 0 bridgehead atoms. The number of carbonyl (C=O) groups is 2. The van der Waals surface area contributed by atoms with E-state index in [0.717, 1.165) is 18.4 Å². The van der Waals surface area contributed by atoms with Crippen LogP contribution >= 0.6 is 31.9 Å². The Labute approximate surface area is 169 Å². The third kappa shape index (κ3) is 7.94. The number of rotatable bonds is 13. The number of ether oxygens (including phenoxy) is 1. The Hall–Kier alpha value is -0.160. The molecule has 3 nitrogen and oxygen atoms in total. The lowest BCUT2D eigenvalue weighted by Gasteiger charge is -2.16. The topological polar surface area (TPSA) is 43.4 Å². The van der Waals surface area contributed by atoms with E-state index in [9.17, 15) is 9.59 Å². The Morgan fingerprint density at radius 3 is 1.92 bits per heavy atom. The van der Waals surface area contributed by atoms with Crippen molar-refractivity contribution in [1.82, 2.24) is 0 Å². The molecule has 25 heavy (non-hydrogen) atoms. The molecule has 5 heteroatoms. The fourth-order valence-corrected chi connectivity index (χ4v) is 4.20. The van der Waals surface area contributed by atoms with Crippen molar-refractivity contribution in [2.45, 2.75) is 100 Å². The van der Waals surface area contributed by atoms with Crippen LogP contribution in [0.1, 0.15) is 90.9 Å². The Bertz CT molecular complexity index is 462. The van der Waals surface area contributed by atoms with Crippen LogP contribution in [-0.4, -0.2) is 21.1 Å². The third-order valence-electron chi connectivity index (χ3n) is 4.71. The van der Waals surface area contributed by atoms with Crippen LogP contribution < -0.4 is 0 Å². The van der Waals surface area contributed by atoms with Gasteiger partial charge in [0.05, 0.1) is 0 Å². The Kier molecular flexibility index (Phi) is 11.2. The quantitative estimate of drug-likeness (QED) is 0.0980. The SMILES string of the molecule is CCCCCCCCCCCCCC(C)=CC1(Br)C(=O)OC(=O)C1Br. The van der Waals surface area contributed by atoms with E-state index in [2.05, 4.69) is 43.5 Å². The number of allylic oxidation sites excluding steroid dienone is 1. The summed E-state index contributed by atoms with van der Waals surface area (Å²) in [4.78, 5) is 22.7.